The molecule has 1 heterocycles. The summed E-state index contributed by atoms with van der Waals surface area (Å²) in [5.41, 5.74) is 0. The number of likely N-dealkylation sites (N-methyl/N-ethyl adjacent to an activating group) is 1. The molecule has 2 fully saturated rings. The fourth-order valence-electron chi connectivity index (χ4n) is 3.21. The van der Waals surface area contributed by atoms with Gasteiger partial charge in [-0.2, -0.15) is 0 Å². The van der Waals surface area contributed by atoms with Crippen LogP contribution in [0.4, 0.5) is 0 Å². The van der Waals surface area contributed by atoms with E-state index in [9.17, 15) is 5.11 Å². The van der Waals surface area contributed by atoms with Gasteiger partial charge in [0, 0.05) is 25.2 Å². The van der Waals surface area contributed by atoms with Gasteiger partial charge >= 0.3 is 0 Å². The van der Waals surface area contributed by atoms with Crippen molar-refractivity contribution in [2.45, 2.75) is 50.6 Å². The SMILES string of the molecule is CN1CCCCC1CNC1CCCC1CO. The Kier molecular flexibility index (Phi) is 4.62. The first-order chi connectivity index (χ1) is 7.81. The predicted molar refractivity (Wildman–Crippen MR) is 66.5 cm³/mol. The third-order valence-electron chi connectivity index (χ3n) is 4.43. The molecule has 2 N–H and O–H groups in total. The minimum absolute atomic E-state index is 0.359. The third kappa shape index (κ3) is 2.96. The molecule has 0 spiro atoms. The molecule has 3 atom stereocenters. The maximum atomic E-state index is 9.27. The second-order valence-electron chi connectivity index (χ2n) is 5.52. The summed E-state index contributed by atoms with van der Waals surface area (Å²) in [7, 11) is 2.24. The molecule has 1 aliphatic heterocycles. The van der Waals surface area contributed by atoms with E-state index in [1.165, 1.54) is 45.1 Å². The summed E-state index contributed by atoms with van der Waals surface area (Å²) in [6, 6.07) is 1.29. The van der Waals surface area contributed by atoms with Gasteiger partial charge in [-0.3, -0.25) is 0 Å². The molecule has 1 saturated heterocycles. The summed E-state index contributed by atoms with van der Waals surface area (Å²) in [5.74, 6) is 0.508. The lowest BCUT2D eigenvalue weighted by Crippen LogP contribution is -2.46. The topological polar surface area (TPSA) is 35.5 Å². The highest BCUT2D eigenvalue weighted by Gasteiger charge is 2.27. The number of nitrogens with zero attached hydrogens (tertiary/aromatic N) is 1. The highest BCUT2D eigenvalue weighted by Crippen LogP contribution is 2.25. The Morgan fingerprint density at radius 2 is 2.06 bits per heavy atom. The molecule has 0 bridgehead atoms. The van der Waals surface area contributed by atoms with E-state index in [4.69, 9.17) is 0 Å². The van der Waals surface area contributed by atoms with E-state index in [0.29, 0.717) is 24.6 Å². The van der Waals surface area contributed by atoms with Gasteiger partial charge in [0.05, 0.1) is 0 Å². The Balaban J connectivity index is 1.73. The van der Waals surface area contributed by atoms with Crippen molar-refractivity contribution in [3.8, 4) is 0 Å². The molecule has 2 rings (SSSR count). The molecule has 3 nitrogen and oxygen atoms in total. The first kappa shape index (κ1) is 12.3. The lowest BCUT2D eigenvalue weighted by Gasteiger charge is -2.34. The molecule has 1 aliphatic carbocycles. The lowest BCUT2D eigenvalue weighted by molar-refractivity contribution is 0.163. The van der Waals surface area contributed by atoms with Gasteiger partial charge in [0.25, 0.3) is 0 Å². The highest BCUT2D eigenvalue weighted by molar-refractivity contribution is 4.85. The number of hydrogen-bond donors (Lipinski definition) is 2. The third-order valence-corrected chi connectivity index (χ3v) is 4.43. The van der Waals surface area contributed by atoms with Gasteiger partial charge < -0.3 is 15.3 Å². The number of piperidine rings is 1. The summed E-state index contributed by atoms with van der Waals surface area (Å²) >= 11 is 0. The van der Waals surface area contributed by atoms with E-state index >= 15 is 0 Å². The van der Waals surface area contributed by atoms with E-state index in [-0.39, 0.29) is 0 Å². The molecule has 0 aromatic heterocycles. The largest absolute Gasteiger partial charge is 0.396 e. The molecule has 94 valence electrons. The normalized spacial score (nSPS) is 36.8. The number of rotatable bonds is 4. The predicted octanol–water partition coefficient (Wildman–Crippen LogP) is 1.22. The van der Waals surface area contributed by atoms with Crippen molar-refractivity contribution in [1.29, 1.82) is 0 Å². The zero-order valence-electron chi connectivity index (χ0n) is 10.5. The van der Waals surface area contributed by atoms with Crippen LogP contribution < -0.4 is 5.32 Å². The van der Waals surface area contributed by atoms with Gasteiger partial charge in [0.1, 0.15) is 0 Å². The number of nitrogens with one attached hydrogen (secondary N) is 1. The van der Waals surface area contributed by atoms with Crippen LogP contribution in [0.25, 0.3) is 0 Å². The lowest BCUT2D eigenvalue weighted by atomic mass is 10.0. The van der Waals surface area contributed by atoms with Crippen LogP contribution in [0.5, 0.6) is 0 Å². The molecular weight excluding hydrogens is 200 g/mol. The van der Waals surface area contributed by atoms with Crippen molar-refractivity contribution >= 4 is 0 Å². The van der Waals surface area contributed by atoms with Crippen molar-refractivity contribution in [1.82, 2.24) is 10.2 Å². The molecule has 2 aliphatic rings. The first-order valence-corrected chi connectivity index (χ1v) is 6.85. The molecule has 1 saturated carbocycles. The minimum Gasteiger partial charge on any atom is -0.396 e. The van der Waals surface area contributed by atoms with Crippen LogP contribution in [0.3, 0.4) is 0 Å². The Bertz CT molecular complexity index is 208. The van der Waals surface area contributed by atoms with Crippen LogP contribution in [0, 0.1) is 5.92 Å². The van der Waals surface area contributed by atoms with Crippen molar-refractivity contribution in [3.05, 3.63) is 0 Å². The zero-order chi connectivity index (χ0) is 11.4. The number of hydrogen-bond acceptors (Lipinski definition) is 3. The van der Waals surface area contributed by atoms with Crippen molar-refractivity contribution in [2.75, 3.05) is 26.7 Å². The summed E-state index contributed by atoms with van der Waals surface area (Å²) in [6.07, 6.45) is 7.81. The average Bonchev–Trinajstić information content (AvgIpc) is 2.75. The fourth-order valence-corrected chi connectivity index (χ4v) is 3.21. The summed E-state index contributed by atoms with van der Waals surface area (Å²) in [4.78, 5) is 2.49. The number of likely N-dealkylation sites (tertiary alicyclic amines) is 1. The maximum Gasteiger partial charge on any atom is 0.0474 e. The molecule has 0 amide bonds. The van der Waals surface area contributed by atoms with Crippen LogP contribution in [0.2, 0.25) is 0 Å². The van der Waals surface area contributed by atoms with E-state index in [1.807, 2.05) is 0 Å². The zero-order valence-corrected chi connectivity index (χ0v) is 10.5. The van der Waals surface area contributed by atoms with Crippen LogP contribution in [0.1, 0.15) is 38.5 Å². The van der Waals surface area contributed by atoms with Gasteiger partial charge in [-0.25, -0.2) is 0 Å². The van der Waals surface area contributed by atoms with E-state index in [2.05, 4.69) is 17.3 Å². The summed E-state index contributed by atoms with van der Waals surface area (Å²) in [6.45, 7) is 2.72. The highest BCUT2D eigenvalue weighted by atomic mass is 16.3. The van der Waals surface area contributed by atoms with Gasteiger partial charge in [-0.1, -0.05) is 12.8 Å². The molecule has 0 aromatic rings. The Hall–Kier alpha value is -0.120. The summed E-state index contributed by atoms with van der Waals surface area (Å²) < 4.78 is 0. The monoisotopic (exact) mass is 226 g/mol. The second kappa shape index (κ2) is 5.99. The quantitative estimate of drug-likeness (QED) is 0.756. The van der Waals surface area contributed by atoms with Gasteiger partial charge in [0.2, 0.25) is 0 Å². The van der Waals surface area contributed by atoms with E-state index < -0.39 is 0 Å². The molecule has 0 radical (unpaired) electrons. The van der Waals surface area contributed by atoms with Crippen molar-refractivity contribution in [2.24, 2.45) is 5.92 Å². The Labute approximate surface area is 99.2 Å². The maximum absolute atomic E-state index is 9.27. The van der Waals surface area contributed by atoms with Crippen LogP contribution in [0.15, 0.2) is 0 Å². The van der Waals surface area contributed by atoms with Gasteiger partial charge in [0.15, 0.2) is 0 Å². The molecule has 3 unspecified atom stereocenters. The van der Waals surface area contributed by atoms with Gasteiger partial charge in [-0.05, 0) is 45.2 Å². The molecule has 0 aromatic carbocycles. The van der Waals surface area contributed by atoms with E-state index in [1.54, 1.807) is 0 Å². The molecule has 3 heteroatoms. The number of aliphatic hydroxyl groups is 1. The van der Waals surface area contributed by atoms with Crippen molar-refractivity contribution in [3.63, 3.8) is 0 Å². The minimum atomic E-state index is 0.359. The second-order valence-corrected chi connectivity index (χ2v) is 5.52. The van der Waals surface area contributed by atoms with Crippen LogP contribution >= 0.6 is 0 Å². The van der Waals surface area contributed by atoms with Crippen LogP contribution in [-0.2, 0) is 0 Å². The van der Waals surface area contributed by atoms with E-state index in [0.717, 1.165) is 6.54 Å². The first-order valence-electron chi connectivity index (χ1n) is 6.85. The summed E-state index contributed by atoms with van der Waals surface area (Å²) in [5, 5.41) is 13.0. The smallest absolute Gasteiger partial charge is 0.0474 e. The average molecular weight is 226 g/mol. The Morgan fingerprint density at radius 3 is 2.81 bits per heavy atom. The standard InChI is InChI=1S/C13H26N2O/c1-15-8-3-2-6-12(15)9-14-13-7-4-5-11(13)10-16/h11-14,16H,2-10H2,1H3. The van der Waals surface area contributed by atoms with Gasteiger partial charge in [-0.15, -0.1) is 0 Å². The Morgan fingerprint density at radius 1 is 1.19 bits per heavy atom. The molecular formula is C13H26N2O. The molecule has 16 heavy (non-hydrogen) atoms. The fraction of sp³-hybridized carbons (Fsp3) is 1.00. The van der Waals surface area contributed by atoms with Crippen LogP contribution in [-0.4, -0.2) is 48.8 Å². The number of aliphatic hydroxyl groups excluding tert-OH is 1. The van der Waals surface area contributed by atoms with Crippen molar-refractivity contribution < 1.29 is 5.11 Å².